The second-order valence-electron chi connectivity index (χ2n) is 4.02. The number of nitrogens with two attached hydrogens (primary N) is 1. The minimum Gasteiger partial charge on any atom is -0.496 e. The molecule has 0 radical (unpaired) electrons. The van der Waals surface area contributed by atoms with Crippen LogP contribution in [0, 0.1) is 0 Å². The van der Waals surface area contributed by atoms with Crippen LogP contribution in [0.5, 0.6) is 11.5 Å². The Morgan fingerprint density at radius 2 is 1.82 bits per heavy atom. The van der Waals surface area contributed by atoms with Crippen LogP contribution >= 0.6 is 11.8 Å². The fraction of sp³-hybridized carbons (Fsp3) is 0.538. The molecular weight excluding hydrogens is 234 g/mol. The van der Waals surface area contributed by atoms with Crippen molar-refractivity contribution in [3.05, 3.63) is 17.7 Å². The summed E-state index contributed by atoms with van der Waals surface area (Å²) in [4.78, 5) is 1.11. The van der Waals surface area contributed by atoms with E-state index in [0.29, 0.717) is 11.8 Å². The van der Waals surface area contributed by atoms with Gasteiger partial charge in [-0.15, -0.1) is 11.8 Å². The molecule has 0 bridgehead atoms. The topological polar surface area (TPSA) is 44.5 Å². The highest BCUT2D eigenvalue weighted by molar-refractivity contribution is 8.00. The van der Waals surface area contributed by atoms with E-state index < -0.39 is 0 Å². The number of ether oxygens (including phenoxy) is 2. The van der Waals surface area contributed by atoms with E-state index in [1.165, 1.54) is 0 Å². The largest absolute Gasteiger partial charge is 0.496 e. The fourth-order valence-electron chi connectivity index (χ4n) is 1.63. The lowest BCUT2D eigenvalue weighted by Crippen LogP contribution is -2.05. The summed E-state index contributed by atoms with van der Waals surface area (Å²) < 4.78 is 10.8. The lowest BCUT2D eigenvalue weighted by atomic mass is 10.1. The van der Waals surface area contributed by atoms with Gasteiger partial charge < -0.3 is 15.2 Å². The highest BCUT2D eigenvalue weighted by atomic mass is 32.2. The molecule has 0 amide bonds. The molecule has 1 rings (SSSR count). The van der Waals surface area contributed by atoms with Crippen LogP contribution < -0.4 is 15.2 Å². The number of methoxy groups -OCH3 is 2. The van der Waals surface area contributed by atoms with Crippen molar-refractivity contribution in [1.29, 1.82) is 0 Å². The molecule has 96 valence electrons. The molecule has 0 fully saturated rings. The SMILES string of the molecule is COc1cc(SC(C)C)c(OC)cc1CCN. The molecule has 17 heavy (non-hydrogen) atoms. The van der Waals surface area contributed by atoms with E-state index in [9.17, 15) is 0 Å². The van der Waals surface area contributed by atoms with Crippen LogP contribution in [0.25, 0.3) is 0 Å². The van der Waals surface area contributed by atoms with Gasteiger partial charge in [0.2, 0.25) is 0 Å². The lowest BCUT2D eigenvalue weighted by molar-refractivity contribution is 0.390. The summed E-state index contributed by atoms with van der Waals surface area (Å²) in [5.41, 5.74) is 6.69. The van der Waals surface area contributed by atoms with Gasteiger partial charge in [-0.05, 0) is 30.7 Å². The Bertz CT molecular complexity index is 367. The van der Waals surface area contributed by atoms with E-state index in [-0.39, 0.29) is 0 Å². The summed E-state index contributed by atoms with van der Waals surface area (Å²) in [5.74, 6) is 1.78. The predicted octanol–water partition coefficient (Wildman–Crippen LogP) is 2.71. The summed E-state index contributed by atoms with van der Waals surface area (Å²) in [5, 5.41) is 0.508. The summed E-state index contributed by atoms with van der Waals surface area (Å²) >= 11 is 1.77. The normalized spacial score (nSPS) is 10.7. The zero-order valence-corrected chi connectivity index (χ0v) is 11.8. The first-order valence-corrected chi connectivity index (χ1v) is 6.62. The van der Waals surface area contributed by atoms with Gasteiger partial charge in [-0.1, -0.05) is 13.8 Å². The maximum absolute atomic E-state index is 5.59. The van der Waals surface area contributed by atoms with Crippen LogP contribution in [-0.4, -0.2) is 26.0 Å². The molecule has 0 heterocycles. The Labute approximate surface area is 108 Å². The first-order chi connectivity index (χ1) is 8.12. The van der Waals surface area contributed by atoms with Gasteiger partial charge in [-0.2, -0.15) is 0 Å². The number of hydrogen-bond donors (Lipinski definition) is 1. The first kappa shape index (κ1) is 14.2. The molecule has 3 nitrogen and oxygen atoms in total. The van der Waals surface area contributed by atoms with Crippen molar-refractivity contribution in [2.45, 2.75) is 30.4 Å². The zero-order chi connectivity index (χ0) is 12.8. The molecule has 1 aromatic rings. The molecule has 0 aromatic heterocycles. The second-order valence-corrected chi connectivity index (χ2v) is 5.64. The van der Waals surface area contributed by atoms with Crippen molar-refractivity contribution < 1.29 is 9.47 Å². The van der Waals surface area contributed by atoms with Crippen LogP contribution in [0.3, 0.4) is 0 Å². The smallest absolute Gasteiger partial charge is 0.132 e. The number of thioether (sulfide) groups is 1. The van der Waals surface area contributed by atoms with E-state index in [1.807, 2.05) is 12.1 Å². The summed E-state index contributed by atoms with van der Waals surface area (Å²) in [6.07, 6.45) is 0.798. The van der Waals surface area contributed by atoms with Gasteiger partial charge >= 0.3 is 0 Å². The van der Waals surface area contributed by atoms with Gasteiger partial charge in [-0.3, -0.25) is 0 Å². The molecular formula is C13H21NO2S. The number of rotatable bonds is 6. The van der Waals surface area contributed by atoms with Gasteiger partial charge in [0, 0.05) is 5.25 Å². The summed E-state index contributed by atoms with van der Waals surface area (Å²) in [6.45, 7) is 4.92. The Morgan fingerprint density at radius 3 is 2.29 bits per heavy atom. The number of benzene rings is 1. The molecule has 0 saturated heterocycles. The van der Waals surface area contributed by atoms with E-state index in [4.69, 9.17) is 15.2 Å². The van der Waals surface area contributed by atoms with E-state index in [1.54, 1.807) is 26.0 Å². The molecule has 2 N–H and O–H groups in total. The van der Waals surface area contributed by atoms with Crippen molar-refractivity contribution in [3.63, 3.8) is 0 Å². The second kappa shape index (κ2) is 6.77. The maximum atomic E-state index is 5.59. The monoisotopic (exact) mass is 255 g/mol. The van der Waals surface area contributed by atoms with E-state index in [0.717, 1.165) is 28.4 Å². The minimum atomic E-state index is 0.508. The van der Waals surface area contributed by atoms with E-state index in [2.05, 4.69) is 13.8 Å². The summed E-state index contributed by atoms with van der Waals surface area (Å²) in [6, 6.07) is 4.06. The number of hydrogen-bond acceptors (Lipinski definition) is 4. The van der Waals surface area contributed by atoms with Gasteiger partial charge in [0.15, 0.2) is 0 Å². The molecule has 0 aliphatic rings. The van der Waals surface area contributed by atoms with Gasteiger partial charge in [0.25, 0.3) is 0 Å². The third kappa shape index (κ3) is 3.82. The third-order valence-electron chi connectivity index (χ3n) is 2.34. The van der Waals surface area contributed by atoms with Crippen LogP contribution in [0.4, 0.5) is 0 Å². The molecule has 0 aliphatic heterocycles. The molecule has 4 heteroatoms. The van der Waals surface area contributed by atoms with Gasteiger partial charge in [0.05, 0.1) is 19.1 Å². The quantitative estimate of drug-likeness (QED) is 0.794. The highest BCUT2D eigenvalue weighted by Crippen LogP contribution is 2.37. The average molecular weight is 255 g/mol. The molecule has 0 saturated carbocycles. The van der Waals surface area contributed by atoms with Crippen LogP contribution in [0.2, 0.25) is 0 Å². The van der Waals surface area contributed by atoms with Crippen LogP contribution in [-0.2, 0) is 6.42 Å². The van der Waals surface area contributed by atoms with Crippen molar-refractivity contribution in [3.8, 4) is 11.5 Å². The van der Waals surface area contributed by atoms with Crippen molar-refractivity contribution in [2.24, 2.45) is 5.73 Å². The average Bonchev–Trinajstić information content (AvgIpc) is 2.30. The fourth-order valence-corrected chi connectivity index (χ4v) is 2.57. The maximum Gasteiger partial charge on any atom is 0.132 e. The summed E-state index contributed by atoms with van der Waals surface area (Å²) in [7, 11) is 3.38. The molecule has 0 unspecified atom stereocenters. The molecule has 0 atom stereocenters. The first-order valence-electron chi connectivity index (χ1n) is 5.74. The Kier molecular flexibility index (Phi) is 5.65. The van der Waals surface area contributed by atoms with Crippen molar-refractivity contribution in [2.75, 3.05) is 20.8 Å². The Balaban J connectivity index is 3.12. The van der Waals surface area contributed by atoms with Gasteiger partial charge in [0.1, 0.15) is 11.5 Å². The molecule has 1 aromatic carbocycles. The standard InChI is InChI=1S/C13H21NO2S/c1-9(2)17-13-8-11(15-3)10(5-6-14)7-12(13)16-4/h7-9H,5-6,14H2,1-4H3. The van der Waals surface area contributed by atoms with Crippen molar-refractivity contribution in [1.82, 2.24) is 0 Å². The van der Waals surface area contributed by atoms with Crippen molar-refractivity contribution >= 4 is 11.8 Å². The Morgan fingerprint density at radius 1 is 1.18 bits per heavy atom. The molecule has 0 spiro atoms. The minimum absolute atomic E-state index is 0.508. The molecule has 0 aliphatic carbocycles. The van der Waals surface area contributed by atoms with E-state index >= 15 is 0 Å². The third-order valence-corrected chi connectivity index (χ3v) is 3.39. The highest BCUT2D eigenvalue weighted by Gasteiger charge is 2.12. The Hall–Kier alpha value is -0.870. The predicted molar refractivity (Wildman–Crippen MR) is 73.3 cm³/mol. The lowest BCUT2D eigenvalue weighted by Gasteiger charge is -2.15. The van der Waals surface area contributed by atoms with Crippen LogP contribution in [0.15, 0.2) is 17.0 Å². The zero-order valence-electron chi connectivity index (χ0n) is 10.9. The van der Waals surface area contributed by atoms with Gasteiger partial charge in [-0.25, -0.2) is 0 Å². The van der Waals surface area contributed by atoms with Crippen LogP contribution in [0.1, 0.15) is 19.4 Å².